The number of methoxy groups -OCH3 is 3. The molecule has 2 aromatic carbocycles. The first kappa shape index (κ1) is 26.4. The largest absolute Gasteiger partial charge is 0.493 e. The standard InChI is InChI=1S/C24H29FN2O7S/c1-32-21-13-19(24(29)34-3)20(14-22(21)33-2)26-23(28)15-27(17-7-5-4-6-8-17)35(30,31)18-11-9-16(25)10-12-18/h9-14,17H,4-8,15H2,1-3H3,(H,26,28). The highest BCUT2D eigenvalue weighted by molar-refractivity contribution is 7.89. The van der Waals surface area contributed by atoms with Crippen LogP contribution in [-0.4, -0.2) is 58.5 Å². The van der Waals surface area contributed by atoms with Crippen LogP contribution in [0.15, 0.2) is 41.3 Å². The van der Waals surface area contributed by atoms with Crippen LogP contribution < -0.4 is 14.8 Å². The zero-order valence-electron chi connectivity index (χ0n) is 19.9. The maximum Gasteiger partial charge on any atom is 0.340 e. The van der Waals surface area contributed by atoms with E-state index in [1.165, 1.54) is 45.6 Å². The van der Waals surface area contributed by atoms with E-state index in [1.807, 2.05) is 0 Å². The van der Waals surface area contributed by atoms with E-state index in [9.17, 15) is 22.4 Å². The number of esters is 1. The zero-order chi connectivity index (χ0) is 25.6. The fraction of sp³-hybridized carbons (Fsp3) is 0.417. The second-order valence-electron chi connectivity index (χ2n) is 8.09. The van der Waals surface area contributed by atoms with Crippen LogP contribution in [0.2, 0.25) is 0 Å². The van der Waals surface area contributed by atoms with Crippen LogP contribution in [0.4, 0.5) is 10.1 Å². The third-order valence-electron chi connectivity index (χ3n) is 5.90. The van der Waals surface area contributed by atoms with Crippen LogP contribution >= 0.6 is 0 Å². The summed E-state index contributed by atoms with van der Waals surface area (Å²) in [5, 5.41) is 2.61. The number of ether oxygens (including phenoxy) is 3. The first-order valence-electron chi connectivity index (χ1n) is 11.1. The number of hydrogen-bond donors (Lipinski definition) is 1. The molecule has 3 rings (SSSR count). The molecule has 190 valence electrons. The topological polar surface area (TPSA) is 111 Å². The van der Waals surface area contributed by atoms with Gasteiger partial charge in [-0.05, 0) is 37.1 Å². The molecule has 0 bridgehead atoms. The maximum atomic E-state index is 13.4. The molecule has 1 saturated carbocycles. The lowest BCUT2D eigenvalue weighted by molar-refractivity contribution is -0.116. The van der Waals surface area contributed by atoms with E-state index in [0.29, 0.717) is 12.8 Å². The number of nitrogens with one attached hydrogen (secondary N) is 1. The van der Waals surface area contributed by atoms with E-state index in [4.69, 9.17) is 14.2 Å². The number of carbonyl (C=O) groups is 2. The summed E-state index contributed by atoms with van der Waals surface area (Å²) < 4.78 is 56.7. The highest BCUT2D eigenvalue weighted by atomic mass is 32.2. The van der Waals surface area contributed by atoms with Gasteiger partial charge < -0.3 is 19.5 Å². The minimum Gasteiger partial charge on any atom is -0.493 e. The van der Waals surface area contributed by atoms with E-state index in [1.54, 1.807) is 0 Å². The molecule has 1 aliphatic rings. The van der Waals surface area contributed by atoms with Crippen molar-refractivity contribution in [3.63, 3.8) is 0 Å². The third kappa shape index (κ3) is 6.09. The van der Waals surface area contributed by atoms with Gasteiger partial charge >= 0.3 is 5.97 Å². The minimum absolute atomic E-state index is 0.0177. The van der Waals surface area contributed by atoms with Crippen molar-refractivity contribution in [2.45, 2.75) is 43.0 Å². The Morgan fingerprint density at radius 3 is 2.17 bits per heavy atom. The minimum atomic E-state index is -4.09. The third-order valence-corrected chi connectivity index (χ3v) is 7.82. The second-order valence-corrected chi connectivity index (χ2v) is 9.98. The van der Waals surface area contributed by atoms with E-state index in [-0.39, 0.29) is 33.7 Å². The van der Waals surface area contributed by atoms with Crippen molar-refractivity contribution in [1.82, 2.24) is 4.31 Å². The molecule has 2 aromatic rings. The number of nitrogens with zero attached hydrogens (tertiary/aromatic N) is 1. The molecule has 0 unspecified atom stereocenters. The number of carbonyl (C=O) groups excluding carboxylic acids is 2. The van der Waals surface area contributed by atoms with Crippen LogP contribution in [0.3, 0.4) is 0 Å². The molecule has 0 aromatic heterocycles. The molecule has 35 heavy (non-hydrogen) atoms. The molecule has 11 heteroatoms. The van der Waals surface area contributed by atoms with Gasteiger partial charge in [0, 0.05) is 18.2 Å². The van der Waals surface area contributed by atoms with Crippen molar-refractivity contribution in [2.24, 2.45) is 0 Å². The highest BCUT2D eigenvalue weighted by Gasteiger charge is 2.34. The summed E-state index contributed by atoms with van der Waals surface area (Å²) in [6.45, 7) is -0.487. The van der Waals surface area contributed by atoms with Crippen LogP contribution in [0, 0.1) is 5.82 Å². The summed E-state index contributed by atoms with van der Waals surface area (Å²) in [4.78, 5) is 25.3. The first-order chi connectivity index (χ1) is 16.7. The van der Waals surface area contributed by atoms with Gasteiger partial charge in [0.05, 0.1) is 44.0 Å². The van der Waals surface area contributed by atoms with E-state index < -0.39 is 34.3 Å². The Hall–Kier alpha value is -3.18. The fourth-order valence-electron chi connectivity index (χ4n) is 4.11. The van der Waals surface area contributed by atoms with Gasteiger partial charge in [-0.2, -0.15) is 4.31 Å². The summed E-state index contributed by atoms with van der Waals surface area (Å²) in [6.07, 6.45) is 3.88. The highest BCUT2D eigenvalue weighted by Crippen LogP contribution is 2.34. The lowest BCUT2D eigenvalue weighted by Gasteiger charge is -2.33. The summed E-state index contributed by atoms with van der Waals surface area (Å²) in [5.74, 6) is -1.41. The van der Waals surface area contributed by atoms with Crippen LogP contribution in [0.1, 0.15) is 42.5 Å². The summed E-state index contributed by atoms with van der Waals surface area (Å²) in [5.41, 5.74) is 0.103. The number of rotatable bonds is 9. The Morgan fingerprint density at radius 2 is 1.60 bits per heavy atom. The van der Waals surface area contributed by atoms with Crippen molar-refractivity contribution in [3.8, 4) is 11.5 Å². The van der Waals surface area contributed by atoms with Gasteiger partial charge in [-0.3, -0.25) is 4.79 Å². The number of halogens is 1. The molecule has 0 saturated heterocycles. The zero-order valence-corrected chi connectivity index (χ0v) is 20.7. The average Bonchev–Trinajstić information content (AvgIpc) is 2.87. The molecule has 1 fully saturated rings. The lowest BCUT2D eigenvalue weighted by atomic mass is 9.95. The molecule has 1 N–H and O–H groups in total. The summed E-state index contributed by atoms with van der Waals surface area (Å²) in [6, 6.07) is 6.90. The molecule has 9 nitrogen and oxygen atoms in total. The van der Waals surface area contributed by atoms with Crippen molar-refractivity contribution >= 4 is 27.6 Å². The Bertz CT molecular complexity index is 1160. The van der Waals surface area contributed by atoms with Crippen LogP contribution in [-0.2, 0) is 19.6 Å². The van der Waals surface area contributed by atoms with Gasteiger partial charge in [-0.15, -0.1) is 0 Å². The Labute approximate surface area is 204 Å². The van der Waals surface area contributed by atoms with Crippen LogP contribution in [0.25, 0.3) is 0 Å². The smallest absolute Gasteiger partial charge is 0.340 e. The Balaban J connectivity index is 1.93. The van der Waals surface area contributed by atoms with Gasteiger partial charge in [-0.25, -0.2) is 17.6 Å². The lowest BCUT2D eigenvalue weighted by Crippen LogP contribution is -2.45. The molecule has 0 radical (unpaired) electrons. The predicted molar refractivity (Wildman–Crippen MR) is 127 cm³/mol. The maximum absolute atomic E-state index is 13.4. The number of benzene rings is 2. The molecule has 1 aliphatic carbocycles. The number of hydrogen-bond acceptors (Lipinski definition) is 7. The van der Waals surface area contributed by atoms with E-state index in [2.05, 4.69) is 5.32 Å². The van der Waals surface area contributed by atoms with Crippen LogP contribution in [0.5, 0.6) is 11.5 Å². The van der Waals surface area contributed by atoms with Crippen molar-refractivity contribution in [1.29, 1.82) is 0 Å². The molecule has 0 heterocycles. The van der Waals surface area contributed by atoms with Gasteiger partial charge in [-0.1, -0.05) is 19.3 Å². The average molecular weight is 509 g/mol. The van der Waals surface area contributed by atoms with Gasteiger partial charge in [0.1, 0.15) is 5.82 Å². The van der Waals surface area contributed by atoms with Crippen molar-refractivity contribution < 1.29 is 36.6 Å². The number of anilines is 1. The molecular formula is C24H29FN2O7S. The molecular weight excluding hydrogens is 479 g/mol. The van der Waals surface area contributed by atoms with Crippen molar-refractivity contribution in [2.75, 3.05) is 33.2 Å². The number of sulfonamides is 1. The predicted octanol–water partition coefficient (Wildman–Crippen LogP) is 3.59. The van der Waals surface area contributed by atoms with E-state index in [0.717, 1.165) is 35.7 Å². The monoisotopic (exact) mass is 508 g/mol. The summed E-state index contributed by atoms with van der Waals surface area (Å²) in [7, 11) is -0.0844. The Kier molecular flexibility index (Phi) is 8.68. The number of amides is 1. The van der Waals surface area contributed by atoms with Gasteiger partial charge in [0.25, 0.3) is 0 Å². The van der Waals surface area contributed by atoms with E-state index >= 15 is 0 Å². The van der Waals surface area contributed by atoms with Gasteiger partial charge in [0.2, 0.25) is 15.9 Å². The quantitative estimate of drug-likeness (QED) is 0.515. The Morgan fingerprint density at radius 1 is 1.00 bits per heavy atom. The normalized spacial score (nSPS) is 14.4. The summed E-state index contributed by atoms with van der Waals surface area (Å²) >= 11 is 0. The fourth-order valence-corrected chi connectivity index (χ4v) is 5.76. The first-order valence-corrected chi connectivity index (χ1v) is 12.6. The molecule has 0 aliphatic heterocycles. The molecule has 0 spiro atoms. The molecule has 0 atom stereocenters. The van der Waals surface area contributed by atoms with Gasteiger partial charge in [0.15, 0.2) is 11.5 Å². The van der Waals surface area contributed by atoms with Crippen molar-refractivity contribution in [3.05, 3.63) is 47.8 Å². The molecule has 1 amide bonds. The second kappa shape index (κ2) is 11.5. The SMILES string of the molecule is COC(=O)c1cc(OC)c(OC)cc1NC(=O)CN(C1CCCCC1)S(=O)(=O)c1ccc(F)cc1.